The molecule has 3 aromatic rings. The van der Waals surface area contributed by atoms with Crippen molar-refractivity contribution in [2.45, 2.75) is 12.8 Å². The van der Waals surface area contributed by atoms with Crippen LogP contribution in [-0.4, -0.2) is 16.5 Å². The van der Waals surface area contributed by atoms with Gasteiger partial charge in [-0.2, -0.15) is 4.98 Å². The lowest BCUT2D eigenvalue weighted by atomic mass is 10.1. The third-order valence-corrected chi connectivity index (χ3v) is 4.71. The van der Waals surface area contributed by atoms with Crippen LogP contribution < -0.4 is 10.9 Å². The third-order valence-electron chi connectivity index (χ3n) is 3.23. The number of rotatable bonds is 5. The number of pyridine rings is 1. The number of halogens is 1. The van der Waals surface area contributed by atoms with Gasteiger partial charge in [-0.1, -0.05) is 39.4 Å². The molecule has 2 aromatic heterocycles. The number of aromatic nitrogens is 2. The largest absolute Gasteiger partial charge is 0.361 e. The molecule has 0 fully saturated rings. The number of aryl methyl sites for hydroxylation is 1. The Bertz CT molecular complexity index is 833. The van der Waals surface area contributed by atoms with Gasteiger partial charge in [0, 0.05) is 17.2 Å². The highest BCUT2D eigenvalue weighted by Crippen LogP contribution is 2.18. The molecule has 0 atom stereocenters. The summed E-state index contributed by atoms with van der Waals surface area (Å²) in [5.41, 5.74) is 1.07. The van der Waals surface area contributed by atoms with Gasteiger partial charge < -0.3 is 5.32 Å². The predicted octanol–water partition coefficient (Wildman–Crippen LogP) is 3.86. The molecule has 22 heavy (non-hydrogen) atoms. The van der Waals surface area contributed by atoms with Gasteiger partial charge >= 0.3 is 0 Å². The second kappa shape index (κ2) is 6.98. The lowest BCUT2D eigenvalue weighted by Crippen LogP contribution is -2.11. The zero-order valence-electron chi connectivity index (χ0n) is 11.8. The van der Waals surface area contributed by atoms with Crippen LogP contribution in [0.25, 0.3) is 10.2 Å². The minimum absolute atomic E-state index is 0.225. The fourth-order valence-corrected chi connectivity index (χ4v) is 3.25. The molecule has 0 saturated carbocycles. The number of nitrogens with zero attached hydrogens (tertiary/aromatic N) is 2. The van der Waals surface area contributed by atoms with Crippen LogP contribution in [0.2, 0.25) is 0 Å². The van der Waals surface area contributed by atoms with Gasteiger partial charge in [0.2, 0.25) is 0 Å². The molecule has 4 nitrogen and oxygen atoms in total. The highest BCUT2D eigenvalue weighted by Gasteiger charge is 2.04. The molecule has 0 aliphatic heterocycles. The summed E-state index contributed by atoms with van der Waals surface area (Å²) in [5.74, 6) is 0. The van der Waals surface area contributed by atoms with E-state index in [1.54, 1.807) is 18.3 Å². The molecule has 3 rings (SSSR count). The van der Waals surface area contributed by atoms with Crippen molar-refractivity contribution in [1.82, 2.24) is 9.97 Å². The lowest BCUT2D eigenvalue weighted by Gasteiger charge is -2.05. The van der Waals surface area contributed by atoms with Gasteiger partial charge in [-0.05, 0) is 42.7 Å². The standard InChI is InChI=1S/C16H14BrN3OS/c17-12-7-5-11(6-8-12)3-1-10-19-16-20-14(21)13-4-2-9-18-15(13)22-16/h2,4-9H,1,3,10H2,(H,19,20,21). The van der Waals surface area contributed by atoms with Crippen LogP contribution >= 0.6 is 27.3 Å². The number of hydrogen-bond acceptors (Lipinski definition) is 5. The quantitative estimate of drug-likeness (QED) is 0.687. The molecule has 0 unspecified atom stereocenters. The minimum atomic E-state index is -0.225. The van der Waals surface area contributed by atoms with E-state index in [0.717, 1.165) is 28.7 Å². The Morgan fingerprint density at radius 1 is 1.18 bits per heavy atom. The summed E-state index contributed by atoms with van der Waals surface area (Å²) in [5, 5.41) is 4.43. The van der Waals surface area contributed by atoms with E-state index in [1.807, 2.05) is 12.1 Å². The Morgan fingerprint density at radius 2 is 2.00 bits per heavy atom. The van der Waals surface area contributed by atoms with Gasteiger partial charge in [0.1, 0.15) is 4.83 Å². The maximum absolute atomic E-state index is 11.9. The second-order valence-electron chi connectivity index (χ2n) is 4.84. The summed E-state index contributed by atoms with van der Waals surface area (Å²) >= 11 is 4.84. The van der Waals surface area contributed by atoms with Crippen molar-refractivity contribution >= 4 is 42.6 Å². The Morgan fingerprint density at radius 3 is 2.82 bits per heavy atom. The lowest BCUT2D eigenvalue weighted by molar-refractivity contribution is 0.861. The number of fused-ring (bicyclic) bond motifs is 1. The van der Waals surface area contributed by atoms with Crippen LogP contribution in [0, 0.1) is 0 Å². The van der Waals surface area contributed by atoms with Gasteiger partial charge in [0.25, 0.3) is 5.56 Å². The van der Waals surface area contributed by atoms with Crippen molar-refractivity contribution in [3.63, 3.8) is 0 Å². The van der Waals surface area contributed by atoms with Crippen molar-refractivity contribution in [3.8, 4) is 0 Å². The molecule has 0 bridgehead atoms. The first-order valence-electron chi connectivity index (χ1n) is 6.96. The molecule has 1 aromatic carbocycles. The molecular formula is C16H14BrN3OS. The molecule has 1 N–H and O–H groups in total. The fourth-order valence-electron chi connectivity index (χ4n) is 2.12. The van der Waals surface area contributed by atoms with Crippen molar-refractivity contribution in [2.24, 2.45) is 0 Å². The summed E-state index contributed by atoms with van der Waals surface area (Å²) in [6.07, 6.45) is 3.65. The SMILES string of the molecule is O=c1nc(NCCCc2ccc(Br)cc2)sc2ncccc12. The van der Waals surface area contributed by atoms with E-state index < -0.39 is 0 Å². The number of nitrogens with one attached hydrogen (secondary N) is 1. The van der Waals surface area contributed by atoms with Crippen LogP contribution in [0.1, 0.15) is 12.0 Å². The third kappa shape index (κ3) is 3.69. The monoisotopic (exact) mass is 375 g/mol. The Hall–Kier alpha value is -1.79. The van der Waals surface area contributed by atoms with Gasteiger partial charge in [0.15, 0.2) is 5.13 Å². The smallest absolute Gasteiger partial charge is 0.282 e. The Balaban J connectivity index is 1.60. The molecule has 0 aliphatic carbocycles. The van der Waals surface area contributed by atoms with Crippen LogP contribution in [0.3, 0.4) is 0 Å². The summed E-state index contributed by atoms with van der Waals surface area (Å²) in [6.45, 7) is 0.775. The van der Waals surface area contributed by atoms with E-state index in [2.05, 4.69) is 43.3 Å². The van der Waals surface area contributed by atoms with Crippen molar-refractivity contribution in [2.75, 3.05) is 11.9 Å². The highest BCUT2D eigenvalue weighted by atomic mass is 79.9. The van der Waals surface area contributed by atoms with Gasteiger partial charge in [0.05, 0.1) is 5.39 Å². The van der Waals surface area contributed by atoms with Crippen LogP contribution in [0.15, 0.2) is 51.9 Å². The molecule has 6 heteroatoms. The molecule has 2 heterocycles. The van der Waals surface area contributed by atoms with Crippen molar-refractivity contribution < 1.29 is 0 Å². The molecule has 0 saturated heterocycles. The number of hydrogen-bond donors (Lipinski definition) is 1. The van der Waals surface area contributed by atoms with E-state index >= 15 is 0 Å². The first kappa shape index (κ1) is 15.1. The van der Waals surface area contributed by atoms with Crippen LogP contribution in [-0.2, 0) is 6.42 Å². The van der Waals surface area contributed by atoms with E-state index in [-0.39, 0.29) is 5.56 Å². The van der Waals surface area contributed by atoms with Gasteiger partial charge in [-0.3, -0.25) is 4.79 Å². The maximum atomic E-state index is 11.9. The van der Waals surface area contributed by atoms with Gasteiger partial charge in [-0.25, -0.2) is 4.98 Å². The summed E-state index contributed by atoms with van der Waals surface area (Å²) in [7, 11) is 0. The topological polar surface area (TPSA) is 54.9 Å². The second-order valence-corrected chi connectivity index (χ2v) is 6.73. The number of benzene rings is 1. The van der Waals surface area contributed by atoms with E-state index in [0.29, 0.717) is 10.5 Å². The molecule has 112 valence electrons. The average Bonchev–Trinajstić information content (AvgIpc) is 2.53. The minimum Gasteiger partial charge on any atom is -0.361 e. The predicted molar refractivity (Wildman–Crippen MR) is 94.6 cm³/mol. The van der Waals surface area contributed by atoms with Crippen LogP contribution in [0.4, 0.5) is 5.13 Å². The summed E-state index contributed by atoms with van der Waals surface area (Å²) < 4.78 is 1.09. The zero-order valence-corrected chi connectivity index (χ0v) is 14.2. The molecular weight excluding hydrogens is 362 g/mol. The van der Waals surface area contributed by atoms with Crippen molar-refractivity contribution in [3.05, 3.63) is 63.0 Å². The summed E-state index contributed by atoms with van der Waals surface area (Å²) in [6, 6.07) is 11.8. The zero-order chi connectivity index (χ0) is 15.4. The Kier molecular flexibility index (Phi) is 4.80. The molecule has 0 radical (unpaired) electrons. The average molecular weight is 376 g/mol. The fraction of sp³-hybridized carbons (Fsp3) is 0.188. The normalized spacial score (nSPS) is 10.8. The van der Waals surface area contributed by atoms with E-state index in [4.69, 9.17) is 0 Å². The van der Waals surface area contributed by atoms with E-state index in [1.165, 1.54) is 16.9 Å². The van der Waals surface area contributed by atoms with Gasteiger partial charge in [-0.15, -0.1) is 0 Å². The van der Waals surface area contributed by atoms with Crippen LogP contribution in [0.5, 0.6) is 0 Å². The van der Waals surface area contributed by atoms with Crippen molar-refractivity contribution in [1.29, 1.82) is 0 Å². The number of anilines is 1. The first-order valence-corrected chi connectivity index (χ1v) is 8.57. The van der Waals surface area contributed by atoms with E-state index in [9.17, 15) is 4.79 Å². The molecule has 0 spiro atoms. The first-order chi connectivity index (χ1) is 10.7. The molecule has 0 aliphatic rings. The highest BCUT2D eigenvalue weighted by molar-refractivity contribution is 9.10. The maximum Gasteiger partial charge on any atom is 0.282 e. The Labute approximate surface area is 140 Å². The molecule has 0 amide bonds. The summed E-state index contributed by atoms with van der Waals surface area (Å²) in [4.78, 5) is 20.9.